The third-order valence-electron chi connectivity index (χ3n) is 5.84. The Balaban J connectivity index is 1.34. The Hall–Kier alpha value is -4.07. The van der Waals surface area contributed by atoms with E-state index in [1.54, 1.807) is 19.2 Å². The summed E-state index contributed by atoms with van der Waals surface area (Å²) in [7, 11) is 1.61. The highest BCUT2D eigenvalue weighted by atomic mass is 16.5. The van der Waals surface area contributed by atoms with Crippen LogP contribution in [-0.2, 0) is 11.3 Å². The number of aromatic nitrogens is 2. The summed E-state index contributed by atoms with van der Waals surface area (Å²) in [6.45, 7) is 5.20. The second-order valence-corrected chi connectivity index (χ2v) is 8.09. The Morgan fingerprint density at radius 1 is 1.17 bits per heavy atom. The molecule has 0 radical (unpaired) electrons. The number of nitrogens with one attached hydrogen (secondary N) is 2. The zero-order valence-corrected chi connectivity index (χ0v) is 19.4. The summed E-state index contributed by atoms with van der Waals surface area (Å²) in [5, 5.41) is 15.8. The monoisotopic (exact) mass is 474 g/mol. The van der Waals surface area contributed by atoms with Gasteiger partial charge in [0.2, 0.25) is 5.88 Å². The molecule has 2 aliphatic rings. The van der Waals surface area contributed by atoms with Gasteiger partial charge in [-0.3, -0.25) is 4.90 Å². The van der Waals surface area contributed by atoms with Crippen LogP contribution in [0.3, 0.4) is 0 Å². The van der Waals surface area contributed by atoms with Crippen molar-refractivity contribution < 1.29 is 18.9 Å². The minimum Gasteiger partial charge on any atom is -0.493 e. The molecule has 35 heavy (non-hydrogen) atoms. The van der Waals surface area contributed by atoms with Crippen LogP contribution >= 0.6 is 0 Å². The van der Waals surface area contributed by atoms with Gasteiger partial charge in [-0.2, -0.15) is 10.2 Å². The lowest BCUT2D eigenvalue weighted by Crippen LogP contribution is -2.38. The van der Waals surface area contributed by atoms with E-state index >= 15 is 0 Å². The highest BCUT2D eigenvalue weighted by Gasteiger charge is 2.22. The lowest BCUT2D eigenvalue weighted by molar-refractivity contribution is 0.0321. The predicted molar refractivity (Wildman–Crippen MR) is 130 cm³/mol. The minimum atomic E-state index is 0.390. The highest BCUT2D eigenvalue weighted by Crippen LogP contribution is 2.42. The average Bonchev–Trinajstić information content (AvgIpc) is 3.08. The first-order chi connectivity index (χ1) is 17.2. The van der Waals surface area contributed by atoms with Gasteiger partial charge >= 0.3 is 0 Å². The Morgan fingerprint density at radius 3 is 2.89 bits per heavy atom. The molecule has 3 heterocycles. The van der Waals surface area contributed by atoms with Gasteiger partial charge in [0.05, 0.1) is 32.0 Å². The summed E-state index contributed by atoms with van der Waals surface area (Å²) in [4.78, 5) is 11.0. The summed E-state index contributed by atoms with van der Waals surface area (Å²) >= 11 is 0. The number of ether oxygens (including phenoxy) is 4. The molecule has 180 valence electrons. The Morgan fingerprint density at radius 2 is 2.06 bits per heavy atom. The van der Waals surface area contributed by atoms with E-state index in [1.807, 2.05) is 24.3 Å². The van der Waals surface area contributed by atoms with Gasteiger partial charge in [0.1, 0.15) is 24.4 Å². The molecule has 2 aromatic carbocycles. The molecule has 2 aliphatic heterocycles. The van der Waals surface area contributed by atoms with E-state index in [9.17, 15) is 5.26 Å². The van der Waals surface area contributed by atoms with Crippen molar-refractivity contribution in [1.82, 2.24) is 14.9 Å². The van der Waals surface area contributed by atoms with Crippen LogP contribution in [0.15, 0.2) is 42.7 Å². The van der Waals surface area contributed by atoms with E-state index < -0.39 is 0 Å². The fourth-order valence-electron chi connectivity index (χ4n) is 3.99. The number of anilines is 3. The van der Waals surface area contributed by atoms with E-state index in [0.717, 1.165) is 44.1 Å². The molecule has 0 amide bonds. The minimum absolute atomic E-state index is 0.390. The average molecular weight is 475 g/mol. The number of methoxy groups -OCH3 is 1. The van der Waals surface area contributed by atoms with Gasteiger partial charge < -0.3 is 29.6 Å². The molecule has 0 saturated carbocycles. The predicted octanol–water partition coefficient (Wildman–Crippen LogP) is 3.53. The maximum absolute atomic E-state index is 9.18. The fourth-order valence-corrected chi connectivity index (χ4v) is 3.99. The van der Waals surface area contributed by atoms with Crippen molar-refractivity contribution in [3.05, 3.63) is 53.9 Å². The van der Waals surface area contributed by atoms with Crippen LogP contribution in [0.25, 0.3) is 0 Å². The molecule has 0 atom stereocenters. The van der Waals surface area contributed by atoms with E-state index in [1.165, 1.54) is 6.33 Å². The molecule has 1 fully saturated rings. The number of morpholine rings is 1. The number of nitrogens with zero attached hydrogens (tertiary/aromatic N) is 4. The maximum Gasteiger partial charge on any atom is 0.248 e. The number of rotatable bonds is 7. The lowest BCUT2D eigenvalue weighted by Gasteiger charge is -2.26. The standard InChI is InChI=1S/C25H26N6O4/c1-32-21-13-20-18(12-22(21)34-10-7-31-5-8-33-9-6-31)15-27-23-24(28-16-29-25(23)35-20)30-19-4-2-3-17(11-19)14-26/h2-4,11-13,16,27H,5-10,15H2,1H3,(H,28,29,30). The fraction of sp³-hybridized carbons (Fsp3) is 0.320. The maximum atomic E-state index is 9.18. The molecular weight excluding hydrogens is 448 g/mol. The van der Waals surface area contributed by atoms with Gasteiger partial charge in [0.25, 0.3) is 0 Å². The van der Waals surface area contributed by atoms with Gasteiger partial charge in [0, 0.05) is 43.5 Å². The van der Waals surface area contributed by atoms with E-state index in [4.69, 9.17) is 18.9 Å². The molecular formula is C25H26N6O4. The van der Waals surface area contributed by atoms with Gasteiger partial charge in [-0.25, -0.2) is 4.98 Å². The van der Waals surface area contributed by atoms with Crippen LogP contribution in [0.5, 0.6) is 23.1 Å². The van der Waals surface area contributed by atoms with Crippen LogP contribution in [-0.4, -0.2) is 61.4 Å². The lowest BCUT2D eigenvalue weighted by atomic mass is 10.1. The van der Waals surface area contributed by atoms with Crippen LogP contribution in [0.1, 0.15) is 11.1 Å². The Bertz CT molecular complexity index is 1240. The van der Waals surface area contributed by atoms with E-state index in [0.29, 0.717) is 53.3 Å². The Labute approximate surface area is 203 Å². The number of hydrogen-bond donors (Lipinski definition) is 2. The van der Waals surface area contributed by atoms with E-state index in [2.05, 4.69) is 31.6 Å². The number of benzene rings is 2. The first-order valence-electron chi connectivity index (χ1n) is 11.4. The van der Waals surface area contributed by atoms with Crippen LogP contribution < -0.4 is 24.8 Å². The number of hydrogen-bond acceptors (Lipinski definition) is 10. The van der Waals surface area contributed by atoms with Crippen molar-refractivity contribution in [3.8, 4) is 29.2 Å². The molecule has 0 aliphatic carbocycles. The normalized spacial score (nSPS) is 14.9. The summed E-state index contributed by atoms with van der Waals surface area (Å²) in [5.74, 6) is 2.82. The van der Waals surface area contributed by atoms with Crippen molar-refractivity contribution in [1.29, 1.82) is 5.26 Å². The van der Waals surface area contributed by atoms with Crippen molar-refractivity contribution in [3.63, 3.8) is 0 Å². The molecule has 1 saturated heterocycles. The Kier molecular flexibility index (Phi) is 6.79. The summed E-state index contributed by atoms with van der Waals surface area (Å²) in [6.07, 6.45) is 1.43. The molecule has 0 unspecified atom stereocenters. The quantitative estimate of drug-likeness (QED) is 0.527. The van der Waals surface area contributed by atoms with Crippen LogP contribution in [0, 0.1) is 11.3 Å². The molecule has 0 spiro atoms. The van der Waals surface area contributed by atoms with Crippen LogP contribution in [0.4, 0.5) is 17.2 Å². The molecule has 3 aromatic rings. The molecule has 1 aromatic heterocycles. The van der Waals surface area contributed by atoms with Gasteiger partial charge in [0.15, 0.2) is 17.3 Å². The summed E-state index contributed by atoms with van der Waals surface area (Å²) < 4.78 is 23.2. The number of fused-ring (bicyclic) bond motifs is 2. The van der Waals surface area contributed by atoms with Crippen LogP contribution in [0.2, 0.25) is 0 Å². The largest absolute Gasteiger partial charge is 0.493 e. The highest BCUT2D eigenvalue weighted by molar-refractivity contribution is 5.76. The van der Waals surface area contributed by atoms with Crippen molar-refractivity contribution in [2.24, 2.45) is 0 Å². The van der Waals surface area contributed by atoms with Gasteiger partial charge in [-0.05, 0) is 24.3 Å². The second-order valence-electron chi connectivity index (χ2n) is 8.09. The SMILES string of the molecule is COc1cc2c(cc1OCCN1CCOCC1)CNc1c(Nc3cccc(C#N)c3)ncnc1O2. The zero-order valence-electron chi connectivity index (χ0n) is 19.4. The second kappa shape index (κ2) is 10.5. The van der Waals surface area contributed by atoms with Gasteiger partial charge in [-0.15, -0.1) is 0 Å². The zero-order chi connectivity index (χ0) is 24.0. The smallest absolute Gasteiger partial charge is 0.248 e. The third kappa shape index (κ3) is 5.21. The molecule has 0 bridgehead atoms. The summed E-state index contributed by atoms with van der Waals surface area (Å²) in [5.41, 5.74) is 2.83. The molecule has 10 heteroatoms. The summed E-state index contributed by atoms with van der Waals surface area (Å²) in [6, 6.07) is 13.1. The van der Waals surface area contributed by atoms with Gasteiger partial charge in [-0.1, -0.05) is 6.07 Å². The van der Waals surface area contributed by atoms with Crippen molar-refractivity contribution in [2.45, 2.75) is 6.54 Å². The first-order valence-corrected chi connectivity index (χ1v) is 11.4. The topological polar surface area (TPSA) is 114 Å². The molecule has 5 rings (SSSR count). The number of nitriles is 1. The van der Waals surface area contributed by atoms with E-state index in [-0.39, 0.29) is 0 Å². The van der Waals surface area contributed by atoms with Crippen molar-refractivity contribution >= 4 is 17.2 Å². The van der Waals surface area contributed by atoms with Crippen molar-refractivity contribution in [2.75, 3.05) is 57.2 Å². The first kappa shape index (κ1) is 22.7. The molecule has 10 nitrogen and oxygen atoms in total. The third-order valence-corrected chi connectivity index (χ3v) is 5.84. The molecule has 2 N–H and O–H groups in total.